The maximum Gasteiger partial charge on any atom is 0.335 e. The summed E-state index contributed by atoms with van der Waals surface area (Å²) in [4.78, 5) is 10.9. The van der Waals surface area contributed by atoms with Crippen molar-refractivity contribution in [2.45, 2.75) is 6.54 Å². The van der Waals surface area contributed by atoms with E-state index in [-0.39, 0.29) is 11.3 Å². The molecule has 0 amide bonds. The van der Waals surface area contributed by atoms with E-state index in [0.29, 0.717) is 6.54 Å². The van der Waals surface area contributed by atoms with E-state index in [1.54, 1.807) is 22.9 Å². The number of benzene rings is 1. The average Bonchev–Trinajstić information content (AvgIpc) is 2.67. The summed E-state index contributed by atoms with van der Waals surface area (Å²) in [5, 5.41) is 9.82. The first kappa shape index (κ1) is 12.6. The highest BCUT2D eigenvalue weighted by Crippen LogP contribution is 2.18. The van der Waals surface area contributed by atoms with Gasteiger partial charge in [0.15, 0.2) is 0 Å². The number of sulfone groups is 1. The standard InChI is InChI=1S/C12H13NO4S/c1-18(16,17)7-6-13-5-4-9-2-3-10(12(14)15)8-11(9)13/h2-5,8H,6-7H2,1H3,(H,14,15). The van der Waals surface area contributed by atoms with Crippen LogP contribution < -0.4 is 0 Å². The Balaban J connectivity index is 2.39. The zero-order chi connectivity index (χ0) is 13.3. The number of hydrogen-bond acceptors (Lipinski definition) is 3. The molecule has 1 N–H and O–H groups in total. The van der Waals surface area contributed by atoms with Crippen LogP contribution >= 0.6 is 0 Å². The zero-order valence-corrected chi connectivity index (χ0v) is 10.6. The Hall–Kier alpha value is -1.82. The Morgan fingerprint density at radius 2 is 2.06 bits per heavy atom. The molecular formula is C12H13NO4S. The first-order valence-corrected chi connectivity index (χ1v) is 7.43. The molecule has 6 heteroatoms. The smallest absolute Gasteiger partial charge is 0.335 e. The summed E-state index contributed by atoms with van der Waals surface area (Å²) in [6, 6.07) is 6.64. The van der Waals surface area contributed by atoms with E-state index in [2.05, 4.69) is 0 Å². The topological polar surface area (TPSA) is 76.4 Å². The highest BCUT2D eigenvalue weighted by atomic mass is 32.2. The van der Waals surface area contributed by atoms with Gasteiger partial charge in [-0.1, -0.05) is 6.07 Å². The first-order chi connectivity index (χ1) is 8.37. The van der Waals surface area contributed by atoms with Crippen molar-refractivity contribution >= 4 is 26.7 Å². The van der Waals surface area contributed by atoms with Crippen LogP contribution in [-0.2, 0) is 16.4 Å². The summed E-state index contributed by atoms with van der Waals surface area (Å²) >= 11 is 0. The van der Waals surface area contributed by atoms with Gasteiger partial charge in [0.1, 0.15) is 9.84 Å². The molecule has 0 spiro atoms. The molecule has 1 aromatic heterocycles. The first-order valence-electron chi connectivity index (χ1n) is 5.37. The molecule has 0 aliphatic rings. The van der Waals surface area contributed by atoms with E-state index in [0.717, 1.165) is 10.9 Å². The van der Waals surface area contributed by atoms with E-state index in [4.69, 9.17) is 5.11 Å². The number of nitrogens with zero attached hydrogens (tertiary/aromatic N) is 1. The van der Waals surface area contributed by atoms with Gasteiger partial charge in [-0.3, -0.25) is 0 Å². The third-order valence-corrected chi connectivity index (χ3v) is 3.65. The number of carboxylic acids is 1. The molecule has 2 rings (SSSR count). The van der Waals surface area contributed by atoms with Gasteiger partial charge in [-0.2, -0.15) is 0 Å². The van der Waals surface area contributed by atoms with Gasteiger partial charge >= 0.3 is 5.97 Å². The Bertz CT molecular complexity index is 700. The number of aromatic nitrogens is 1. The van der Waals surface area contributed by atoms with Crippen LogP contribution in [0.25, 0.3) is 10.9 Å². The van der Waals surface area contributed by atoms with Gasteiger partial charge < -0.3 is 9.67 Å². The fourth-order valence-corrected chi connectivity index (χ4v) is 2.30. The molecule has 1 heterocycles. The summed E-state index contributed by atoms with van der Waals surface area (Å²) < 4.78 is 24.0. The molecule has 0 saturated carbocycles. The lowest BCUT2D eigenvalue weighted by atomic mass is 10.2. The molecule has 1 aromatic carbocycles. The maximum absolute atomic E-state index is 11.1. The molecule has 0 atom stereocenters. The van der Waals surface area contributed by atoms with Crippen LogP contribution in [0.15, 0.2) is 30.5 Å². The van der Waals surface area contributed by atoms with Crippen LogP contribution in [0.4, 0.5) is 0 Å². The summed E-state index contributed by atoms with van der Waals surface area (Å²) in [5.74, 6) is -0.957. The van der Waals surface area contributed by atoms with Gasteiger partial charge in [-0.05, 0) is 23.6 Å². The minimum absolute atomic E-state index is 0.0358. The van der Waals surface area contributed by atoms with Crippen LogP contribution in [0, 0.1) is 0 Å². The van der Waals surface area contributed by atoms with Crippen molar-refractivity contribution < 1.29 is 18.3 Å². The van der Waals surface area contributed by atoms with Gasteiger partial charge in [0, 0.05) is 24.5 Å². The Morgan fingerprint density at radius 3 is 2.67 bits per heavy atom. The molecular weight excluding hydrogens is 254 g/mol. The third-order valence-electron chi connectivity index (χ3n) is 2.72. The SMILES string of the molecule is CS(=O)(=O)CCn1ccc2ccc(C(=O)O)cc21. The van der Waals surface area contributed by atoms with E-state index in [1.807, 2.05) is 6.07 Å². The second-order valence-electron chi connectivity index (χ2n) is 4.22. The molecule has 0 fully saturated rings. The Kier molecular flexibility index (Phi) is 3.13. The highest BCUT2D eigenvalue weighted by molar-refractivity contribution is 7.90. The molecule has 96 valence electrons. The quantitative estimate of drug-likeness (QED) is 0.908. The molecule has 0 bridgehead atoms. The molecule has 5 nitrogen and oxygen atoms in total. The van der Waals surface area contributed by atoms with Crippen molar-refractivity contribution in [1.29, 1.82) is 0 Å². The Labute approximate surface area is 105 Å². The molecule has 0 unspecified atom stereocenters. The van der Waals surface area contributed by atoms with Crippen molar-refractivity contribution in [3.8, 4) is 0 Å². The number of aromatic carboxylic acids is 1. The van der Waals surface area contributed by atoms with E-state index >= 15 is 0 Å². The second-order valence-corrected chi connectivity index (χ2v) is 6.48. The van der Waals surface area contributed by atoms with Crippen molar-refractivity contribution in [2.75, 3.05) is 12.0 Å². The molecule has 2 aromatic rings. The van der Waals surface area contributed by atoms with Crippen molar-refractivity contribution in [2.24, 2.45) is 0 Å². The molecule has 0 saturated heterocycles. The largest absolute Gasteiger partial charge is 0.478 e. The van der Waals surface area contributed by atoms with Crippen molar-refractivity contribution in [3.63, 3.8) is 0 Å². The predicted molar refractivity (Wildman–Crippen MR) is 68.6 cm³/mol. The van der Waals surface area contributed by atoms with Gasteiger partial charge in [-0.15, -0.1) is 0 Å². The van der Waals surface area contributed by atoms with Crippen LogP contribution in [0.5, 0.6) is 0 Å². The monoisotopic (exact) mass is 267 g/mol. The predicted octanol–water partition coefficient (Wildman–Crippen LogP) is 1.38. The fraction of sp³-hybridized carbons (Fsp3) is 0.250. The van der Waals surface area contributed by atoms with Gasteiger partial charge in [-0.25, -0.2) is 13.2 Å². The molecule has 0 radical (unpaired) electrons. The number of aryl methyl sites for hydroxylation is 1. The van der Waals surface area contributed by atoms with Crippen LogP contribution in [0.3, 0.4) is 0 Å². The Morgan fingerprint density at radius 1 is 1.33 bits per heavy atom. The summed E-state index contributed by atoms with van der Waals surface area (Å²) in [7, 11) is -3.03. The van der Waals surface area contributed by atoms with Crippen LogP contribution in [0.2, 0.25) is 0 Å². The van der Waals surface area contributed by atoms with Crippen molar-refractivity contribution in [3.05, 3.63) is 36.0 Å². The lowest BCUT2D eigenvalue weighted by molar-refractivity contribution is 0.0697. The number of rotatable bonds is 4. The van der Waals surface area contributed by atoms with Gasteiger partial charge in [0.2, 0.25) is 0 Å². The van der Waals surface area contributed by atoms with E-state index in [9.17, 15) is 13.2 Å². The second kappa shape index (κ2) is 4.45. The minimum Gasteiger partial charge on any atom is -0.478 e. The highest BCUT2D eigenvalue weighted by Gasteiger charge is 2.08. The summed E-state index contributed by atoms with van der Waals surface area (Å²) in [5.41, 5.74) is 0.931. The summed E-state index contributed by atoms with van der Waals surface area (Å²) in [6.45, 7) is 0.325. The van der Waals surface area contributed by atoms with Gasteiger partial charge in [0.05, 0.1) is 11.3 Å². The normalized spacial score (nSPS) is 11.8. The average molecular weight is 267 g/mol. The van der Waals surface area contributed by atoms with E-state index < -0.39 is 15.8 Å². The van der Waals surface area contributed by atoms with Crippen molar-refractivity contribution in [1.82, 2.24) is 4.57 Å². The number of hydrogen-bond donors (Lipinski definition) is 1. The lowest BCUT2D eigenvalue weighted by Crippen LogP contribution is -2.10. The lowest BCUT2D eigenvalue weighted by Gasteiger charge is -2.05. The van der Waals surface area contributed by atoms with Gasteiger partial charge in [0.25, 0.3) is 0 Å². The molecule has 0 aliphatic heterocycles. The third kappa shape index (κ3) is 2.70. The van der Waals surface area contributed by atoms with Crippen LogP contribution in [0.1, 0.15) is 10.4 Å². The number of carboxylic acid groups (broad SMARTS) is 1. The van der Waals surface area contributed by atoms with E-state index in [1.165, 1.54) is 12.3 Å². The van der Waals surface area contributed by atoms with Crippen LogP contribution in [-0.4, -0.2) is 36.1 Å². The fourth-order valence-electron chi connectivity index (χ4n) is 1.78. The minimum atomic E-state index is -3.03. The number of carbonyl (C=O) groups is 1. The zero-order valence-electron chi connectivity index (χ0n) is 9.83. The molecule has 18 heavy (non-hydrogen) atoms. The maximum atomic E-state index is 11.1. The molecule has 0 aliphatic carbocycles. The number of fused-ring (bicyclic) bond motifs is 1. The summed E-state index contributed by atoms with van der Waals surface area (Å²) in [6.07, 6.45) is 2.95.